The highest BCUT2D eigenvalue weighted by Crippen LogP contribution is 2.16. The minimum absolute atomic E-state index is 0.675. The first kappa shape index (κ1) is 14.4. The molecule has 0 unspecified atom stereocenters. The SMILES string of the molecule is Cc1ccc(OCCCOc2ccc(C)c(C)c2)cc1. The Kier molecular flexibility index (Phi) is 5.05. The molecule has 0 aliphatic heterocycles. The van der Waals surface area contributed by atoms with Gasteiger partial charge in [0.15, 0.2) is 0 Å². The summed E-state index contributed by atoms with van der Waals surface area (Å²) in [5.41, 5.74) is 3.80. The Bertz CT molecular complexity index is 544. The highest BCUT2D eigenvalue weighted by atomic mass is 16.5. The van der Waals surface area contributed by atoms with Crippen LogP contribution in [0.2, 0.25) is 0 Å². The summed E-state index contributed by atoms with van der Waals surface area (Å²) in [5.74, 6) is 1.85. The molecule has 20 heavy (non-hydrogen) atoms. The molecule has 0 aromatic heterocycles. The third kappa shape index (κ3) is 4.30. The zero-order valence-corrected chi connectivity index (χ0v) is 12.5. The Morgan fingerprint density at radius 2 is 1.30 bits per heavy atom. The van der Waals surface area contributed by atoms with Crippen LogP contribution in [0.3, 0.4) is 0 Å². The van der Waals surface area contributed by atoms with Crippen LogP contribution in [0, 0.1) is 20.8 Å². The van der Waals surface area contributed by atoms with Crippen molar-refractivity contribution in [3.63, 3.8) is 0 Å². The molecule has 0 saturated carbocycles. The van der Waals surface area contributed by atoms with Gasteiger partial charge in [-0.1, -0.05) is 23.8 Å². The van der Waals surface area contributed by atoms with Crippen molar-refractivity contribution < 1.29 is 9.47 Å². The molecule has 0 heterocycles. The summed E-state index contributed by atoms with van der Waals surface area (Å²) in [5, 5.41) is 0. The van der Waals surface area contributed by atoms with E-state index in [2.05, 4.69) is 45.0 Å². The fourth-order valence-electron chi connectivity index (χ4n) is 1.88. The second-order valence-electron chi connectivity index (χ2n) is 5.11. The fraction of sp³-hybridized carbons (Fsp3) is 0.333. The number of benzene rings is 2. The maximum Gasteiger partial charge on any atom is 0.119 e. The zero-order chi connectivity index (χ0) is 14.4. The lowest BCUT2D eigenvalue weighted by molar-refractivity contribution is 0.247. The van der Waals surface area contributed by atoms with Crippen LogP contribution in [-0.4, -0.2) is 13.2 Å². The Labute approximate surface area is 121 Å². The van der Waals surface area contributed by atoms with Gasteiger partial charge < -0.3 is 9.47 Å². The Morgan fingerprint density at radius 3 is 1.95 bits per heavy atom. The lowest BCUT2D eigenvalue weighted by atomic mass is 10.1. The van der Waals surface area contributed by atoms with Crippen LogP contribution >= 0.6 is 0 Å². The summed E-state index contributed by atoms with van der Waals surface area (Å²) in [7, 11) is 0. The average molecular weight is 270 g/mol. The number of ether oxygens (including phenoxy) is 2. The van der Waals surface area contributed by atoms with Crippen molar-refractivity contribution >= 4 is 0 Å². The number of aryl methyl sites for hydroxylation is 3. The molecule has 0 saturated heterocycles. The van der Waals surface area contributed by atoms with Crippen molar-refractivity contribution in [2.75, 3.05) is 13.2 Å². The van der Waals surface area contributed by atoms with Crippen molar-refractivity contribution in [2.24, 2.45) is 0 Å². The standard InChI is InChI=1S/C18H22O2/c1-14-5-8-17(9-6-14)19-11-4-12-20-18-10-7-15(2)16(3)13-18/h5-10,13H,4,11-12H2,1-3H3. The van der Waals surface area contributed by atoms with Crippen molar-refractivity contribution in [2.45, 2.75) is 27.2 Å². The first-order valence-electron chi connectivity index (χ1n) is 7.04. The predicted octanol–water partition coefficient (Wildman–Crippen LogP) is 4.46. The molecule has 2 aromatic carbocycles. The molecule has 0 aliphatic carbocycles. The lowest BCUT2D eigenvalue weighted by Crippen LogP contribution is -2.05. The van der Waals surface area contributed by atoms with E-state index in [0.29, 0.717) is 13.2 Å². The summed E-state index contributed by atoms with van der Waals surface area (Å²) in [6, 6.07) is 14.3. The van der Waals surface area contributed by atoms with E-state index in [-0.39, 0.29) is 0 Å². The van der Waals surface area contributed by atoms with Crippen LogP contribution in [0.25, 0.3) is 0 Å². The molecule has 0 fully saturated rings. The van der Waals surface area contributed by atoms with Crippen LogP contribution in [0.15, 0.2) is 42.5 Å². The molecular formula is C18H22O2. The monoisotopic (exact) mass is 270 g/mol. The van der Waals surface area contributed by atoms with Crippen molar-refractivity contribution in [1.82, 2.24) is 0 Å². The minimum atomic E-state index is 0.675. The maximum atomic E-state index is 5.72. The van der Waals surface area contributed by atoms with Crippen molar-refractivity contribution in [3.8, 4) is 11.5 Å². The van der Waals surface area contributed by atoms with Gasteiger partial charge in [-0.3, -0.25) is 0 Å². The van der Waals surface area contributed by atoms with Gasteiger partial charge >= 0.3 is 0 Å². The van der Waals surface area contributed by atoms with E-state index in [0.717, 1.165) is 17.9 Å². The quantitative estimate of drug-likeness (QED) is 0.721. The van der Waals surface area contributed by atoms with E-state index in [4.69, 9.17) is 9.47 Å². The van der Waals surface area contributed by atoms with Crippen molar-refractivity contribution in [1.29, 1.82) is 0 Å². The molecule has 2 rings (SSSR count). The highest BCUT2D eigenvalue weighted by molar-refractivity contribution is 5.33. The van der Waals surface area contributed by atoms with Crippen LogP contribution < -0.4 is 9.47 Å². The summed E-state index contributed by atoms with van der Waals surface area (Å²) >= 11 is 0. The minimum Gasteiger partial charge on any atom is -0.493 e. The third-order valence-corrected chi connectivity index (χ3v) is 3.33. The predicted molar refractivity (Wildman–Crippen MR) is 82.7 cm³/mol. The molecule has 2 aromatic rings. The van der Waals surface area contributed by atoms with Gasteiger partial charge in [0, 0.05) is 6.42 Å². The smallest absolute Gasteiger partial charge is 0.119 e. The summed E-state index contributed by atoms with van der Waals surface area (Å²) in [6.45, 7) is 7.63. The fourth-order valence-corrected chi connectivity index (χ4v) is 1.88. The van der Waals surface area contributed by atoms with Gasteiger partial charge in [0.1, 0.15) is 11.5 Å². The summed E-state index contributed by atoms with van der Waals surface area (Å²) < 4.78 is 11.4. The Balaban J connectivity index is 1.68. The first-order valence-corrected chi connectivity index (χ1v) is 7.04. The average Bonchev–Trinajstić information content (AvgIpc) is 2.44. The molecule has 0 radical (unpaired) electrons. The van der Waals surface area contributed by atoms with Crippen LogP contribution in [0.4, 0.5) is 0 Å². The van der Waals surface area contributed by atoms with Gasteiger partial charge in [0.2, 0.25) is 0 Å². The molecule has 0 aliphatic rings. The van der Waals surface area contributed by atoms with E-state index in [9.17, 15) is 0 Å². The molecule has 2 heteroatoms. The van der Waals surface area contributed by atoms with Gasteiger partial charge in [-0.15, -0.1) is 0 Å². The molecular weight excluding hydrogens is 248 g/mol. The Hall–Kier alpha value is -1.96. The number of rotatable bonds is 6. The summed E-state index contributed by atoms with van der Waals surface area (Å²) in [6.07, 6.45) is 0.876. The first-order chi connectivity index (χ1) is 9.65. The van der Waals surface area contributed by atoms with Gasteiger partial charge in [0.05, 0.1) is 13.2 Å². The van der Waals surface area contributed by atoms with Crippen LogP contribution in [0.1, 0.15) is 23.1 Å². The van der Waals surface area contributed by atoms with E-state index in [1.165, 1.54) is 16.7 Å². The molecule has 0 atom stereocenters. The van der Waals surface area contributed by atoms with Gasteiger partial charge in [-0.05, 0) is 56.2 Å². The third-order valence-electron chi connectivity index (χ3n) is 3.33. The van der Waals surface area contributed by atoms with E-state index in [1.807, 2.05) is 18.2 Å². The molecule has 0 spiro atoms. The summed E-state index contributed by atoms with van der Waals surface area (Å²) in [4.78, 5) is 0. The maximum absolute atomic E-state index is 5.72. The number of hydrogen-bond acceptors (Lipinski definition) is 2. The molecule has 106 valence electrons. The largest absolute Gasteiger partial charge is 0.493 e. The normalized spacial score (nSPS) is 10.3. The molecule has 0 N–H and O–H groups in total. The second kappa shape index (κ2) is 6.99. The Morgan fingerprint density at radius 1 is 0.700 bits per heavy atom. The molecule has 2 nitrogen and oxygen atoms in total. The topological polar surface area (TPSA) is 18.5 Å². The van der Waals surface area contributed by atoms with Gasteiger partial charge in [0.25, 0.3) is 0 Å². The second-order valence-corrected chi connectivity index (χ2v) is 5.11. The van der Waals surface area contributed by atoms with E-state index < -0.39 is 0 Å². The molecule has 0 amide bonds. The van der Waals surface area contributed by atoms with Gasteiger partial charge in [-0.25, -0.2) is 0 Å². The van der Waals surface area contributed by atoms with E-state index in [1.54, 1.807) is 0 Å². The number of hydrogen-bond donors (Lipinski definition) is 0. The van der Waals surface area contributed by atoms with Crippen LogP contribution in [0.5, 0.6) is 11.5 Å². The lowest BCUT2D eigenvalue weighted by Gasteiger charge is -2.09. The molecule has 0 bridgehead atoms. The van der Waals surface area contributed by atoms with E-state index >= 15 is 0 Å². The van der Waals surface area contributed by atoms with Crippen molar-refractivity contribution in [3.05, 3.63) is 59.2 Å². The van der Waals surface area contributed by atoms with Crippen LogP contribution in [-0.2, 0) is 0 Å². The zero-order valence-electron chi connectivity index (χ0n) is 12.5. The highest BCUT2D eigenvalue weighted by Gasteiger charge is 1.98. The van der Waals surface area contributed by atoms with Gasteiger partial charge in [-0.2, -0.15) is 0 Å².